The molecule has 0 unspecified atom stereocenters. The van der Waals surface area contributed by atoms with Crippen LogP contribution in [0.3, 0.4) is 0 Å². The number of anilines is 1. The van der Waals surface area contributed by atoms with Gasteiger partial charge in [0.1, 0.15) is 5.75 Å². The Bertz CT molecular complexity index is 1150. The Morgan fingerprint density at radius 1 is 0.946 bits per heavy atom. The van der Waals surface area contributed by atoms with E-state index in [0.717, 1.165) is 49.9 Å². The number of carbonyl (C=O) groups is 1. The molecule has 1 aliphatic rings. The molecule has 0 spiro atoms. The Kier molecular flexibility index (Phi) is 8.71. The monoisotopic (exact) mass is 511 g/mol. The van der Waals surface area contributed by atoms with E-state index in [1.54, 1.807) is 4.90 Å². The largest absolute Gasteiger partial charge is 0.494 e. The maximum atomic E-state index is 13.5. The molecule has 1 saturated heterocycles. The van der Waals surface area contributed by atoms with Gasteiger partial charge in [0.25, 0.3) is 0 Å². The zero-order valence-electron chi connectivity index (χ0n) is 20.9. The summed E-state index contributed by atoms with van der Waals surface area (Å²) in [6.07, 6.45) is -3.09. The summed E-state index contributed by atoms with van der Waals surface area (Å²) in [5, 5.41) is 2.55. The number of ether oxygens (including phenoxy) is 1. The summed E-state index contributed by atoms with van der Waals surface area (Å²) >= 11 is 0. The Labute approximate surface area is 215 Å². The lowest BCUT2D eigenvalue weighted by Crippen LogP contribution is -2.48. The summed E-state index contributed by atoms with van der Waals surface area (Å²) in [6, 6.07) is 22.1. The SMILES string of the molecule is CCOc1ccc(CN(C(=O)Nc2ccccc2C(F)(F)F)C2CCN(Cc3ccccc3)CC2)cc1. The van der Waals surface area contributed by atoms with Gasteiger partial charge in [-0.2, -0.15) is 13.2 Å². The van der Waals surface area contributed by atoms with Gasteiger partial charge in [0.15, 0.2) is 0 Å². The Morgan fingerprint density at radius 2 is 1.59 bits per heavy atom. The molecule has 0 atom stereocenters. The number of rotatable bonds is 8. The van der Waals surface area contributed by atoms with Crippen LogP contribution in [0.15, 0.2) is 78.9 Å². The van der Waals surface area contributed by atoms with Crippen LogP contribution in [0.1, 0.15) is 36.5 Å². The number of alkyl halides is 3. The molecule has 3 aromatic carbocycles. The molecule has 0 saturated carbocycles. The number of carbonyl (C=O) groups excluding carboxylic acids is 1. The maximum absolute atomic E-state index is 13.5. The first kappa shape index (κ1) is 26.5. The van der Waals surface area contributed by atoms with E-state index in [1.807, 2.05) is 49.4 Å². The van der Waals surface area contributed by atoms with Crippen molar-refractivity contribution in [3.63, 3.8) is 0 Å². The molecular formula is C29H32F3N3O2. The van der Waals surface area contributed by atoms with Gasteiger partial charge in [0.05, 0.1) is 17.9 Å². The Morgan fingerprint density at radius 3 is 2.24 bits per heavy atom. The fourth-order valence-electron chi connectivity index (χ4n) is 4.68. The molecule has 1 aliphatic heterocycles. The van der Waals surface area contributed by atoms with E-state index in [9.17, 15) is 18.0 Å². The van der Waals surface area contributed by atoms with Crippen molar-refractivity contribution < 1.29 is 22.7 Å². The second kappa shape index (κ2) is 12.1. The minimum Gasteiger partial charge on any atom is -0.494 e. The van der Waals surface area contributed by atoms with Crippen molar-refractivity contribution in [3.8, 4) is 5.75 Å². The van der Waals surface area contributed by atoms with E-state index in [4.69, 9.17) is 4.74 Å². The van der Waals surface area contributed by atoms with Crippen molar-refractivity contribution >= 4 is 11.7 Å². The predicted molar refractivity (Wildman–Crippen MR) is 138 cm³/mol. The number of nitrogens with one attached hydrogen (secondary N) is 1. The van der Waals surface area contributed by atoms with E-state index in [0.29, 0.717) is 6.61 Å². The quantitative estimate of drug-likeness (QED) is 0.362. The molecule has 37 heavy (non-hydrogen) atoms. The van der Waals surface area contributed by atoms with Gasteiger partial charge in [0.2, 0.25) is 0 Å². The number of hydrogen-bond acceptors (Lipinski definition) is 3. The molecule has 0 aliphatic carbocycles. The average molecular weight is 512 g/mol. The smallest absolute Gasteiger partial charge is 0.418 e. The number of benzene rings is 3. The highest BCUT2D eigenvalue weighted by molar-refractivity contribution is 5.90. The maximum Gasteiger partial charge on any atom is 0.418 e. The topological polar surface area (TPSA) is 44.8 Å². The Hall–Kier alpha value is -3.52. The molecule has 2 amide bonds. The van der Waals surface area contributed by atoms with Gasteiger partial charge in [-0.1, -0.05) is 54.6 Å². The van der Waals surface area contributed by atoms with Crippen molar-refractivity contribution in [3.05, 3.63) is 95.6 Å². The number of nitrogens with zero attached hydrogens (tertiary/aromatic N) is 2. The van der Waals surface area contributed by atoms with Gasteiger partial charge in [-0.05, 0) is 55.2 Å². The molecule has 8 heteroatoms. The summed E-state index contributed by atoms with van der Waals surface area (Å²) in [5.74, 6) is 0.732. The van der Waals surface area contributed by atoms with Crippen molar-refractivity contribution in [2.75, 3.05) is 25.0 Å². The third-order valence-corrected chi connectivity index (χ3v) is 6.57. The number of hydrogen-bond donors (Lipinski definition) is 1. The number of amides is 2. The van der Waals surface area contributed by atoms with Gasteiger partial charge in [-0.25, -0.2) is 4.79 Å². The fourth-order valence-corrected chi connectivity index (χ4v) is 4.68. The predicted octanol–water partition coefficient (Wildman–Crippen LogP) is 6.80. The third kappa shape index (κ3) is 7.26. The van der Waals surface area contributed by atoms with Crippen molar-refractivity contribution in [1.82, 2.24) is 9.80 Å². The molecule has 0 bridgehead atoms. The minimum absolute atomic E-state index is 0.100. The van der Waals surface area contributed by atoms with Gasteiger partial charge < -0.3 is 15.0 Å². The molecule has 1 fully saturated rings. The second-order valence-electron chi connectivity index (χ2n) is 9.17. The first-order valence-corrected chi connectivity index (χ1v) is 12.6. The average Bonchev–Trinajstić information content (AvgIpc) is 2.89. The molecule has 4 rings (SSSR count). The summed E-state index contributed by atoms with van der Waals surface area (Å²) in [7, 11) is 0. The lowest BCUT2D eigenvalue weighted by atomic mass is 10.0. The first-order valence-electron chi connectivity index (χ1n) is 12.6. The van der Waals surface area contributed by atoms with Crippen LogP contribution in [-0.2, 0) is 19.3 Å². The van der Waals surface area contributed by atoms with Gasteiger partial charge in [-0.3, -0.25) is 4.90 Å². The third-order valence-electron chi connectivity index (χ3n) is 6.57. The molecule has 0 radical (unpaired) electrons. The molecule has 0 aromatic heterocycles. The number of para-hydroxylation sites is 1. The molecule has 3 aromatic rings. The van der Waals surface area contributed by atoms with E-state index in [1.165, 1.54) is 23.8 Å². The minimum atomic E-state index is -4.56. The van der Waals surface area contributed by atoms with Crippen LogP contribution in [0.25, 0.3) is 0 Å². The van der Waals surface area contributed by atoms with E-state index in [2.05, 4.69) is 22.3 Å². The summed E-state index contributed by atoms with van der Waals surface area (Å²) in [5.41, 5.74) is 1.02. The molecule has 1 N–H and O–H groups in total. The molecule has 1 heterocycles. The van der Waals surface area contributed by atoms with Gasteiger partial charge >= 0.3 is 12.2 Å². The number of piperidine rings is 1. The normalized spacial score (nSPS) is 14.8. The fraction of sp³-hybridized carbons (Fsp3) is 0.345. The van der Waals surface area contributed by atoms with Crippen LogP contribution in [0.2, 0.25) is 0 Å². The van der Waals surface area contributed by atoms with Crippen LogP contribution >= 0.6 is 0 Å². The van der Waals surface area contributed by atoms with Crippen LogP contribution in [0.4, 0.5) is 23.7 Å². The number of likely N-dealkylation sites (tertiary alicyclic amines) is 1. The zero-order chi connectivity index (χ0) is 26.3. The zero-order valence-corrected chi connectivity index (χ0v) is 20.9. The molecular weight excluding hydrogens is 479 g/mol. The standard InChI is InChI=1S/C29H32F3N3O2/c1-2-37-25-14-12-23(13-15-25)21-35(28(36)33-27-11-7-6-10-26(27)29(30,31)32)24-16-18-34(19-17-24)20-22-8-4-3-5-9-22/h3-15,24H,2,16-21H2,1H3,(H,33,36). The summed E-state index contributed by atoms with van der Waals surface area (Å²) in [6.45, 7) is 5.17. The Balaban J connectivity index is 1.50. The van der Waals surface area contributed by atoms with Crippen LogP contribution in [0, 0.1) is 0 Å². The van der Waals surface area contributed by atoms with E-state index in [-0.39, 0.29) is 18.3 Å². The molecule has 5 nitrogen and oxygen atoms in total. The highest BCUT2D eigenvalue weighted by Crippen LogP contribution is 2.35. The number of urea groups is 1. The first-order chi connectivity index (χ1) is 17.8. The summed E-state index contributed by atoms with van der Waals surface area (Å²) in [4.78, 5) is 17.5. The number of halogens is 3. The van der Waals surface area contributed by atoms with Gasteiger partial charge in [0, 0.05) is 32.2 Å². The lowest BCUT2D eigenvalue weighted by molar-refractivity contribution is -0.136. The molecule has 196 valence electrons. The highest BCUT2D eigenvalue weighted by atomic mass is 19.4. The van der Waals surface area contributed by atoms with Crippen molar-refractivity contribution in [2.24, 2.45) is 0 Å². The second-order valence-corrected chi connectivity index (χ2v) is 9.17. The summed E-state index contributed by atoms with van der Waals surface area (Å²) < 4.78 is 46.1. The lowest BCUT2D eigenvalue weighted by Gasteiger charge is -2.38. The highest BCUT2D eigenvalue weighted by Gasteiger charge is 2.35. The van der Waals surface area contributed by atoms with Gasteiger partial charge in [-0.15, -0.1) is 0 Å². The van der Waals surface area contributed by atoms with E-state index < -0.39 is 17.8 Å². The van der Waals surface area contributed by atoms with Crippen LogP contribution < -0.4 is 10.1 Å². The van der Waals surface area contributed by atoms with Crippen LogP contribution in [-0.4, -0.2) is 41.6 Å². The van der Waals surface area contributed by atoms with Crippen molar-refractivity contribution in [1.29, 1.82) is 0 Å². The van der Waals surface area contributed by atoms with E-state index >= 15 is 0 Å². The van der Waals surface area contributed by atoms with Crippen molar-refractivity contribution in [2.45, 2.75) is 45.1 Å². The van der Waals surface area contributed by atoms with Crippen LogP contribution in [0.5, 0.6) is 5.75 Å².